The van der Waals surface area contributed by atoms with Gasteiger partial charge >= 0.3 is 110 Å². The Bertz CT molecular complexity index is 2120. The van der Waals surface area contributed by atoms with Gasteiger partial charge in [-0.05, 0) is 34.9 Å². The molecule has 3 aromatic heterocycles. The molecule has 0 saturated heterocycles. The fraction of sp³-hybridized carbons (Fsp3) is 0.171. The van der Waals surface area contributed by atoms with Crippen LogP contribution in [0.4, 0.5) is 0 Å². The molecule has 0 fully saturated rings. The number of hydrogen-bond acceptors (Lipinski definition) is 3. The molecule has 233 valence electrons. The zero-order valence-corrected chi connectivity index (χ0v) is 31.2. The third-order valence-corrected chi connectivity index (χ3v) is 12.2. The van der Waals surface area contributed by atoms with Gasteiger partial charge in [-0.15, -0.1) is 18.2 Å². The molecule has 0 N–H and O–H groups in total. The van der Waals surface area contributed by atoms with Gasteiger partial charge in [-0.1, -0.05) is 78.9 Å². The summed E-state index contributed by atoms with van der Waals surface area (Å²) in [4.78, 5) is 9.07. The summed E-state index contributed by atoms with van der Waals surface area (Å²) in [5, 5.41) is 2.21. The van der Waals surface area contributed by atoms with E-state index < -0.39 is 20.1 Å². The monoisotopic (exact) mass is 844 g/mol. The minimum absolute atomic E-state index is 0. The zero-order valence-electron chi connectivity index (χ0n) is 29.7. The van der Waals surface area contributed by atoms with Crippen LogP contribution in [0.25, 0.3) is 55.6 Å². The number of hydrogen-bond donors (Lipinski definition) is 0. The van der Waals surface area contributed by atoms with Crippen LogP contribution >= 0.6 is 0 Å². The van der Waals surface area contributed by atoms with Gasteiger partial charge in [0.05, 0.1) is 5.58 Å². The van der Waals surface area contributed by atoms with Crippen LogP contribution in [0, 0.1) is 19.0 Å². The first-order chi connectivity index (χ1) is 22.9. The van der Waals surface area contributed by atoms with Gasteiger partial charge in [0.2, 0.25) is 0 Å². The summed E-state index contributed by atoms with van der Waals surface area (Å²) in [5.41, 5.74) is 9.11. The Morgan fingerprint density at radius 3 is 2.28 bits per heavy atom. The molecule has 7 aromatic rings. The number of rotatable bonds is 5. The van der Waals surface area contributed by atoms with Crippen LogP contribution in [-0.4, -0.2) is 23.2 Å². The number of aromatic nitrogens is 2. The van der Waals surface area contributed by atoms with Crippen molar-refractivity contribution in [2.45, 2.75) is 43.9 Å². The Balaban J connectivity index is 0.000000199. The number of pyridine rings is 2. The van der Waals surface area contributed by atoms with Crippen molar-refractivity contribution in [2.24, 2.45) is 0 Å². The Morgan fingerprint density at radius 1 is 0.783 bits per heavy atom. The van der Waals surface area contributed by atoms with E-state index in [1.54, 1.807) is 12.1 Å². The second kappa shape index (κ2) is 14.3. The Labute approximate surface area is 293 Å². The first kappa shape index (κ1) is 29.6. The van der Waals surface area contributed by atoms with Gasteiger partial charge in [0.15, 0.2) is 0 Å². The minimum atomic E-state index is -2.08. The van der Waals surface area contributed by atoms with E-state index in [-0.39, 0.29) is 20.1 Å². The maximum Gasteiger partial charge on any atom is 0 e. The van der Waals surface area contributed by atoms with E-state index in [1.807, 2.05) is 30.6 Å². The van der Waals surface area contributed by atoms with Crippen molar-refractivity contribution in [3.8, 4) is 33.6 Å². The second-order valence-electron chi connectivity index (χ2n) is 12.6. The molecule has 4 aromatic carbocycles. The van der Waals surface area contributed by atoms with Crippen molar-refractivity contribution < 1.29 is 28.6 Å². The van der Waals surface area contributed by atoms with Crippen LogP contribution in [0.5, 0.6) is 0 Å². The number of benzene rings is 4. The van der Waals surface area contributed by atoms with Gasteiger partial charge in [-0.3, -0.25) is 0 Å². The van der Waals surface area contributed by atoms with Crippen molar-refractivity contribution in [3.63, 3.8) is 0 Å². The molecule has 5 heteroatoms. The van der Waals surface area contributed by atoms with E-state index in [0.717, 1.165) is 50.0 Å². The molecule has 3 nitrogen and oxygen atoms in total. The van der Waals surface area contributed by atoms with Gasteiger partial charge in [0, 0.05) is 31.7 Å². The number of nitrogens with zero attached hydrogens (tertiary/aromatic N) is 2. The Hall–Kier alpha value is -3.83. The first-order valence-electron chi connectivity index (χ1n) is 16.8. The third-order valence-electron chi connectivity index (χ3n) is 7.97. The molecule has 0 aliphatic rings. The molecule has 46 heavy (non-hydrogen) atoms. The van der Waals surface area contributed by atoms with Crippen molar-refractivity contribution in [2.75, 3.05) is 0 Å². The molecule has 0 unspecified atom stereocenters. The smallest absolute Gasteiger partial charge is 0 e. The van der Waals surface area contributed by atoms with E-state index in [0.29, 0.717) is 11.5 Å². The summed E-state index contributed by atoms with van der Waals surface area (Å²) in [6.45, 7) is 2.30. The van der Waals surface area contributed by atoms with E-state index in [9.17, 15) is 0 Å². The van der Waals surface area contributed by atoms with Gasteiger partial charge < -0.3 is 9.40 Å². The molecule has 0 atom stereocenters. The van der Waals surface area contributed by atoms with Crippen LogP contribution in [0.1, 0.15) is 35.0 Å². The summed E-state index contributed by atoms with van der Waals surface area (Å²) >= 11 is -1.83. The Kier molecular flexibility index (Phi) is 9.19. The van der Waals surface area contributed by atoms with E-state index in [1.165, 1.54) is 21.6 Å². The normalized spacial score (nSPS) is 12.5. The maximum atomic E-state index is 7.35. The predicted molar refractivity (Wildman–Crippen MR) is 192 cm³/mol. The SMILES string of the molecule is CC(C)c1ccnc(-c2[c-]ccc3c2oc2cc(-c4ccccc4)ccc23)c1.[2H]C([2H])([2H])c1c[c-]c(-c2cc[c]([Ge]([CH3])([CH3])[CH3])cn2)cc1.[Ir]. The molecule has 0 amide bonds. The van der Waals surface area contributed by atoms with Crippen molar-refractivity contribution in [1.29, 1.82) is 0 Å². The molecule has 0 aliphatic heterocycles. The number of aryl methyl sites for hydroxylation is 1. The predicted octanol–water partition coefficient (Wildman–Crippen LogP) is 10.6. The summed E-state index contributed by atoms with van der Waals surface area (Å²) in [7, 11) is 0. The molecule has 0 bridgehead atoms. The molecular formula is C41H38GeIrN2O-2. The van der Waals surface area contributed by atoms with Gasteiger partial charge in [0.25, 0.3) is 0 Å². The molecule has 0 saturated carbocycles. The fourth-order valence-electron chi connectivity index (χ4n) is 5.27. The Morgan fingerprint density at radius 2 is 1.61 bits per heavy atom. The van der Waals surface area contributed by atoms with Gasteiger partial charge in [-0.25, -0.2) is 0 Å². The quantitative estimate of drug-likeness (QED) is 0.128. The summed E-state index contributed by atoms with van der Waals surface area (Å²) in [5.74, 6) is 7.43. The molecule has 0 aliphatic carbocycles. The van der Waals surface area contributed by atoms with Crippen molar-refractivity contribution in [1.82, 2.24) is 9.97 Å². The molecule has 3 heterocycles. The minimum Gasteiger partial charge on any atom is 0 e. The average molecular weight is 843 g/mol. The van der Waals surface area contributed by atoms with Crippen molar-refractivity contribution in [3.05, 3.63) is 139 Å². The first-order valence-corrected chi connectivity index (χ1v) is 22.6. The molecule has 7 rings (SSSR count). The largest absolute Gasteiger partial charge is 0 e. The fourth-order valence-corrected chi connectivity index (χ4v) is 7.44. The summed E-state index contributed by atoms with van der Waals surface area (Å²) < 4.78 is 29.7. The van der Waals surface area contributed by atoms with Gasteiger partial charge in [-0.2, -0.15) is 0 Å². The average Bonchev–Trinajstić information content (AvgIpc) is 3.46. The van der Waals surface area contributed by atoms with Crippen LogP contribution in [0.2, 0.25) is 17.3 Å². The van der Waals surface area contributed by atoms with Crippen LogP contribution in [0.3, 0.4) is 0 Å². The second-order valence-corrected chi connectivity index (χ2v) is 23.2. The molecular weight excluding hydrogens is 801 g/mol. The van der Waals surface area contributed by atoms with E-state index in [2.05, 4.69) is 120 Å². The van der Waals surface area contributed by atoms with Crippen LogP contribution < -0.4 is 4.40 Å². The summed E-state index contributed by atoms with van der Waals surface area (Å²) in [6.07, 6.45) is 3.81. The standard InChI is InChI=1S/C26H20NO.C15H18GeN.Ir/c1-17(2)19-13-14-27-24(15-19)23-10-6-9-22-21-12-11-20(16-25(21)28-26(22)23)18-7-4-3-5-8-18;1-12-5-7-13(8-6-12)15-10-9-14(11-17-15)16(2,3)4;/h3-9,11-17H,1-2H3;5-7,9-11H,1-4H3;/q2*-1;/i;1D3;. The van der Waals surface area contributed by atoms with Gasteiger partial charge in [0.1, 0.15) is 5.58 Å². The zero-order chi connectivity index (χ0) is 34.1. The topological polar surface area (TPSA) is 38.9 Å². The maximum absolute atomic E-state index is 7.35. The number of fused-ring (bicyclic) bond motifs is 3. The molecule has 1 radical (unpaired) electrons. The van der Waals surface area contributed by atoms with Crippen LogP contribution in [0.15, 0.2) is 120 Å². The van der Waals surface area contributed by atoms with E-state index in [4.69, 9.17) is 8.53 Å². The van der Waals surface area contributed by atoms with Crippen LogP contribution in [-0.2, 0) is 20.1 Å². The number of furan rings is 1. The van der Waals surface area contributed by atoms with E-state index >= 15 is 0 Å². The van der Waals surface area contributed by atoms with Crippen molar-refractivity contribution >= 4 is 39.6 Å². The third kappa shape index (κ3) is 7.42. The molecule has 0 spiro atoms. The summed E-state index contributed by atoms with van der Waals surface area (Å²) in [6, 6.07) is 40.4.